The van der Waals surface area contributed by atoms with Crippen molar-refractivity contribution in [2.75, 3.05) is 29.6 Å². The number of nitrogens with one attached hydrogen (secondary N) is 2. The van der Waals surface area contributed by atoms with Crippen LogP contribution in [-0.4, -0.2) is 58.7 Å². The van der Waals surface area contributed by atoms with Crippen LogP contribution >= 0.6 is 0 Å². The first-order valence-corrected chi connectivity index (χ1v) is 12.5. The van der Waals surface area contributed by atoms with Crippen LogP contribution in [0.5, 0.6) is 0 Å². The number of anilines is 3. The van der Waals surface area contributed by atoms with Crippen molar-refractivity contribution in [3.8, 4) is 11.3 Å². The summed E-state index contributed by atoms with van der Waals surface area (Å²) in [6, 6.07) is 10.7. The lowest BCUT2D eigenvalue weighted by Gasteiger charge is -2.31. The molecule has 0 atom stereocenters. The van der Waals surface area contributed by atoms with Crippen LogP contribution in [-0.2, 0) is 9.84 Å². The maximum Gasteiger partial charge on any atom is 0.229 e. The van der Waals surface area contributed by atoms with E-state index in [0.29, 0.717) is 28.5 Å². The molecule has 0 unspecified atom stereocenters. The molecule has 1 aliphatic heterocycles. The average molecular weight is 465 g/mol. The molecule has 11 heteroatoms. The fraction of sp³-hybridized carbons (Fsp3) is 0.273. The van der Waals surface area contributed by atoms with Gasteiger partial charge in [-0.25, -0.2) is 23.4 Å². The fourth-order valence-electron chi connectivity index (χ4n) is 3.85. The molecule has 4 aromatic rings. The van der Waals surface area contributed by atoms with Crippen LogP contribution in [0.2, 0.25) is 0 Å². The molecule has 0 amide bonds. The van der Waals surface area contributed by atoms with E-state index in [1.54, 1.807) is 36.8 Å². The zero-order valence-electron chi connectivity index (χ0n) is 18.1. The van der Waals surface area contributed by atoms with E-state index in [0.717, 1.165) is 37.3 Å². The van der Waals surface area contributed by atoms with Crippen molar-refractivity contribution in [3.63, 3.8) is 0 Å². The van der Waals surface area contributed by atoms with E-state index in [2.05, 4.69) is 35.1 Å². The van der Waals surface area contributed by atoms with Crippen molar-refractivity contribution in [2.24, 2.45) is 5.73 Å². The van der Waals surface area contributed by atoms with E-state index in [-0.39, 0.29) is 10.9 Å². The third-order valence-corrected chi connectivity index (χ3v) is 6.84. The molecule has 0 bridgehead atoms. The quantitative estimate of drug-likeness (QED) is 0.406. The third-order valence-electron chi connectivity index (χ3n) is 5.71. The van der Waals surface area contributed by atoms with Gasteiger partial charge in [0.15, 0.2) is 15.5 Å². The standard InChI is InChI=1S/C22H24N8O2S/c1-33(31,32)17-5-3-16(4-6-17)27-22-28-19(20-21(29-22)26-13-25-20)14-2-7-18(24-12-14)30-10-8-15(23)9-11-30/h2-7,12-13,15H,8-11,23H2,1H3,(H2,25,26,27,28,29). The molecule has 1 aliphatic rings. The van der Waals surface area contributed by atoms with Crippen LogP contribution in [0.15, 0.2) is 53.8 Å². The number of hydrogen-bond acceptors (Lipinski definition) is 9. The van der Waals surface area contributed by atoms with E-state index in [4.69, 9.17) is 5.73 Å². The van der Waals surface area contributed by atoms with Crippen molar-refractivity contribution in [1.29, 1.82) is 0 Å². The second kappa shape index (κ2) is 8.41. The summed E-state index contributed by atoms with van der Waals surface area (Å²) in [7, 11) is -3.26. The second-order valence-corrected chi connectivity index (χ2v) is 10.2. The van der Waals surface area contributed by atoms with E-state index in [1.807, 2.05) is 12.1 Å². The van der Waals surface area contributed by atoms with E-state index >= 15 is 0 Å². The van der Waals surface area contributed by atoms with Gasteiger partial charge in [-0.1, -0.05) is 0 Å². The van der Waals surface area contributed by atoms with Crippen LogP contribution in [0.4, 0.5) is 17.5 Å². The Morgan fingerprint density at radius 2 is 1.82 bits per heavy atom. The van der Waals surface area contributed by atoms with Crippen molar-refractivity contribution in [3.05, 3.63) is 48.9 Å². The molecule has 4 N–H and O–H groups in total. The number of nitrogens with zero attached hydrogens (tertiary/aromatic N) is 5. The molecule has 1 fully saturated rings. The minimum absolute atomic E-state index is 0.249. The lowest BCUT2D eigenvalue weighted by molar-refractivity contribution is 0.498. The van der Waals surface area contributed by atoms with Gasteiger partial charge in [-0.05, 0) is 49.2 Å². The molecule has 170 valence electrons. The normalized spacial score (nSPS) is 15.2. The van der Waals surface area contributed by atoms with Crippen molar-refractivity contribution >= 4 is 38.5 Å². The van der Waals surface area contributed by atoms with Crippen LogP contribution < -0.4 is 16.0 Å². The number of H-pyrrole nitrogens is 1. The maximum absolute atomic E-state index is 11.7. The van der Waals surface area contributed by atoms with Crippen LogP contribution in [0.1, 0.15) is 12.8 Å². The molecule has 0 radical (unpaired) electrons. The first-order valence-electron chi connectivity index (χ1n) is 10.6. The largest absolute Gasteiger partial charge is 0.357 e. The first kappa shape index (κ1) is 21.3. The highest BCUT2D eigenvalue weighted by Gasteiger charge is 2.18. The summed E-state index contributed by atoms with van der Waals surface area (Å²) in [6.45, 7) is 1.80. The predicted octanol–water partition coefficient (Wildman–Crippen LogP) is 2.49. The summed E-state index contributed by atoms with van der Waals surface area (Å²) in [5.74, 6) is 1.27. The summed E-state index contributed by atoms with van der Waals surface area (Å²) in [4.78, 5) is 23.7. The number of sulfone groups is 1. The molecule has 33 heavy (non-hydrogen) atoms. The summed E-state index contributed by atoms with van der Waals surface area (Å²) in [5.41, 5.74) is 9.42. The highest BCUT2D eigenvalue weighted by atomic mass is 32.2. The number of rotatable bonds is 5. The molecule has 0 aliphatic carbocycles. The SMILES string of the molecule is CS(=O)(=O)c1ccc(Nc2nc(-c3ccc(N4CCC(N)CC4)nc3)c3[nH]cnc3n2)cc1. The van der Waals surface area contributed by atoms with E-state index in [1.165, 1.54) is 6.26 Å². The molecule has 0 saturated carbocycles. The number of pyridine rings is 1. The summed E-state index contributed by atoms with van der Waals surface area (Å²) >= 11 is 0. The Morgan fingerprint density at radius 1 is 1.06 bits per heavy atom. The number of nitrogens with two attached hydrogens (primary N) is 1. The van der Waals surface area contributed by atoms with Crippen LogP contribution in [0.3, 0.4) is 0 Å². The molecule has 1 saturated heterocycles. The Kier molecular flexibility index (Phi) is 5.43. The van der Waals surface area contributed by atoms with Gasteiger partial charge in [0, 0.05) is 42.8 Å². The zero-order chi connectivity index (χ0) is 23.0. The Hall–Kier alpha value is -3.57. The Bertz CT molecular complexity index is 1380. The Labute approximate surface area is 191 Å². The average Bonchev–Trinajstić information content (AvgIpc) is 3.28. The minimum atomic E-state index is -3.26. The maximum atomic E-state index is 11.7. The lowest BCUT2D eigenvalue weighted by atomic mass is 10.1. The summed E-state index contributed by atoms with van der Waals surface area (Å²) in [6.07, 6.45) is 6.48. The number of aromatic amines is 1. The van der Waals surface area contributed by atoms with Crippen molar-refractivity contribution in [2.45, 2.75) is 23.8 Å². The predicted molar refractivity (Wildman–Crippen MR) is 127 cm³/mol. The highest BCUT2D eigenvalue weighted by molar-refractivity contribution is 7.90. The number of fused-ring (bicyclic) bond motifs is 1. The number of hydrogen-bond donors (Lipinski definition) is 3. The number of aromatic nitrogens is 5. The highest BCUT2D eigenvalue weighted by Crippen LogP contribution is 2.28. The lowest BCUT2D eigenvalue weighted by Crippen LogP contribution is -2.40. The van der Waals surface area contributed by atoms with Gasteiger partial charge < -0.3 is 20.9 Å². The molecule has 10 nitrogen and oxygen atoms in total. The first-order chi connectivity index (χ1) is 15.9. The van der Waals surface area contributed by atoms with E-state index in [9.17, 15) is 8.42 Å². The van der Waals surface area contributed by atoms with Gasteiger partial charge in [-0.3, -0.25) is 0 Å². The molecule has 3 aromatic heterocycles. The molecule has 1 aromatic carbocycles. The van der Waals surface area contributed by atoms with Gasteiger partial charge in [0.25, 0.3) is 0 Å². The summed E-state index contributed by atoms with van der Waals surface area (Å²) < 4.78 is 23.4. The Balaban J connectivity index is 1.43. The smallest absolute Gasteiger partial charge is 0.229 e. The van der Waals surface area contributed by atoms with Crippen molar-refractivity contribution in [1.82, 2.24) is 24.9 Å². The number of imidazole rings is 1. The van der Waals surface area contributed by atoms with Gasteiger partial charge in [-0.2, -0.15) is 4.98 Å². The van der Waals surface area contributed by atoms with Crippen LogP contribution in [0.25, 0.3) is 22.4 Å². The number of piperidine rings is 1. The van der Waals surface area contributed by atoms with E-state index < -0.39 is 9.84 Å². The minimum Gasteiger partial charge on any atom is -0.357 e. The molecule has 5 rings (SSSR count). The van der Waals surface area contributed by atoms with Gasteiger partial charge >= 0.3 is 0 Å². The molecule has 0 spiro atoms. The third kappa shape index (κ3) is 4.50. The number of benzene rings is 1. The summed E-state index contributed by atoms with van der Waals surface area (Å²) in [5, 5.41) is 3.13. The van der Waals surface area contributed by atoms with Crippen molar-refractivity contribution < 1.29 is 8.42 Å². The fourth-order valence-corrected chi connectivity index (χ4v) is 4.48. The molecular weight excluding hydrogens is 440 g/mol. The monoisotopic (exact) mass is 464 g/mol. The second-order valence-electron chi connectivity index (χ2n) is 8.15. The Morgan fingerprint density at radius 3 is 2.48 bits per heavy atom. The van der Waals surface area contributed by atoms with Gasteiger partial charge in [0.2, 0.25) is 5.95 Å². The van der Waals surface area contributed by atoms with Crippen LogP contribution in [0, 0.1) is 0 Å². The molecule has 4 heterocycles. The topological polar surface area (TPSA) is 143 Å². The van der Waals surface area contributed by atoms with Gasteiger partial charge in [-0.15, -0.1) is 0 Å². The molecular formula is C22H24N8O2S. The van der Waals surface area contributed by atoms with Gasteiger partial charge in [0.1, 0.15) is 17.0 Å². The zero-order valence-corrected chi connectivity index (χ0v) is 18.9. The van der Waals surface area contributed by atoms with Gasteiger partial charge in [0.05, 0.1) is 11.2 Å².